The Morgan fingerprint density at radius 2 is 1.74 bits per heavy atom. The van der Waals surface area contributed by atoms with Gasteiger partial charge in [-0.1, -0.05) is 19.8 Å². The van der Waals surface area contributed by atoms with Crippen molar-refractivity contribution < 1.29 is 17.9 Å². The van der Waals surface area contributed by atoms with Crippen molar-refractivity contribution in [2.75, 3.05) is 13.1 Å². The molecule has 0 aromatic heterocycles. The predicted molar refractivity (Wildman–Crippen MR) is 105 cm³/mol. The van der Waals surface area contributed by atoms with Gasteiger partial charge >= 0.3 is 0 Å². The number of rotatable bonds is 6. The molecule has 1 N–H and O–H groups in total. The molecular formula is C20H28N2O4S. The van der Waals surface area contributed by atoms with E-state index >= 15 is 0 Å². The normalized spacial score (nSPS) is 21.4. The second-order valence-electron chi connectivity index (χ2n) is 6.99. The molecule has 0 bridgehead atoms. The SMILES string of the molecule is C#CC(CC)(CC)NC(=O)c1ccc(S(=O)(=O)N2C[C@@H](C)O[C@@H](C)C2)cc1. The molecule has 1 saturated heterocycles. The number of carbonyl (C=O) groups excluding carboxylic acids is 1. The van der Waals surface area contributed by atoms with Crippen LogP contribution in [0.3, 0.4) is 0 Å². The van der Waals surface area contributed by atoms with E-state index in [0.29, 0.717) is 31.5 Å². The summed E-state index contributed by atoms with van der Waals surface area (Å²) in [4.78, 5) is 12.7. The van der Waals surface area contributed by atoms with Crippen LogP contribution in [0.5, 0.6) is 0 Å². The predicted octanol–water partition coefficient (Wildman–Crippen LogP) is 2.41. The van der Waals surface area contributed by atoms with Crippen LogP contribution in [-0.4, -0.2) is 49.5 Å². The number of amides is 1. The van der Waals surface area contributed by atoms with E-state index in [9.17, 15) is 13.2 Å². The molecule has 1 heterocycles. The third kappa shape index (κ3) is 4.70. The molecule has 1 aliphatic heterocycles. The van der Waals surface area contributed by atoms with Gasteiger partial charge in [-0.3, -0.25) is 4.79 Å². The summed E-state index contributed by atoms with van der Waals surface area (Å²) in [6.45, 7) is 8.17. The number of nitrogens with one attached hydrogen (secondary N) is 1. The van der Waals surface area contributed by atoms with Crippen molar-refractivity contribution in [3.63, 3.8) is 0 Å². The van der Waals surface area contributed by atoms with E-state index in [1.807, 2.05) is 27.7 Å². The van der Waals surface area contributed by atoms with Crippen molar-refractivity contribution in [3.05, 3.63) is 29.8 Å². The molecule has 7 heteroatoms. The summed E-state index contributed by atoms with van der Waals surface area (Å²) in [5.41, 5.74) is -0.318. The number of carbonyl (C=O) groups is 1. The second kappa shape index (κ2) is 8.42. The van der Waals surface area contributed by atoms with Crippen molar-refractivity contribution in [1.29, 1.82) is 0 Å². The summed E-state index contributed by atoms with van der Waals surface area (Å²) >= 11 is 0. The van der Waals surface area contributed by atoms with Crippen LogP contribution >= 0.6 is 0 Å². The highest BCUT2D eigenvalue weighted by atomic mass is 32.2. The average Bonchev–Trinajstić information content (AvgIpc) is 2.65. The first-order valence-corrected chi connectivity index (χ1v) is 10.7. The van der Waals surface area contributed by atoms with Crippen LogP contribution in [-0.2, 0) is 14.8 Å². The van der Waals surface area contributed by atoms with Crippen LogP contribution in [0.15, 0.2) is 29.2 Å². The molecule has 27 heavy (non-hydrogen) atoms. The van der Waals surface area contributed by atoms with Gasteiger partial charge in [0.2, 0.25) is 10.0 Å². The lowest BCUT2D eigenvalue weighted by Crippen LogP contribution is -2.48. The third-order valence-electron chi connectivity index (χ3n) is 4.98. The molecule has 2 rings (SSSR count). The zero-order valence-electron chi connectivity index (χ0n) is 16.4. The zero-order valence-corrected chi connectivity index (χ0v) is 17.2. The Balaban J connectivity index is 2.19. The van der Waals surface area contributed by atoms with Gasteiger partial charge in [0, 0.05) is 18.7 Å². The Labute approximate surface area is 162 Å². The lowest BCUT2D eigenvalue weighted by Gasteiger charge is -2.34. The van der Waals surface area contributed by atoms with Crippen molar-refractivity contribution >= 4 is 15.9 Å². The van der Waals surface area contributed by atoms with E-state index in [-0.39, 0.29) is 23.0 Å². The largest absolute Gasteiger partial charge is 0.373 e. The first-order chi connectivity index (χ1) is 12.7. The number of ether oxygens (including phenoxy) is 1. The van der Waals surface area contributed by atoms with E-state index in [4.69, 9.17) is 11.2 Å². The number of morpholine rings is 1. The lowest BCUT2D eigenvalue weighted by molar-refractivity contribution is -0.0440. The molecule has 0 spiro atoms. The summed E-state index contributed by atoms with van der Waals surface area (Å²) in [5.74, 6) is 2.35. The minimum absolute atomic E-state index is 0.159. The third-order valence-corrected chi connectivity index (χ3v) is 6.82. The van der Waals surface area contributed by atoms with Gasteiger partial charge in [0.15, 0.2) is 0 Å². The van der Waals surface area contributed by atoms with Gasteiger partial charge in [0.05, 0.1) is 17.1 Å². The molecule has 1 aromatic rings. The van der Waals surface area contributed by atoms with E-state index in [1.165, 1.54) is 28.6 Å². The van der Waals surface area contributed by atoms with Crippen molar-refractivity contribution in [1.82, 2.24) is 9.62 Å². The molecule has 6 nitrogen and oxygen atoms in total. The van der Waals surface area contributed by atoms with Crippen LogP contribution < -0.4 is 5.32 Å². The van der Waals surface area contributed by atoms with Gasteiger partial charge in [-0.05, 0) is 51.0 Å². The summed E-state index contributed by atoms with van der Waals surface area (Å²) < 4.78 is 32.8. The van der Waals surface area contributed by atoms with Crippen LogP contribution in [0, 0.1) is 12.3 Å². The van der Waals surface area contributed by atoms with Gasteiger partial charge in [0.1, 0.15) is 5.54 Å². The molecule has 2 atom stereocenters. The Morgan fingerprint density at radius 3 is 2.19 bits per heavy atom. The molecule has 1 aromatic carbocycles. The highest BCUT2D eigenvalue weighted by molar-refractivity contribution is 7.89. The maximum absolute atomic E-state index is 12.9. The van der Waals surface area contributed by atoms with Gasteiger partial charge in [0.25, 0.3) is 5.91 Å². The topological polar surface area (TPSA) is 75.7 Å². The van der Waals surface area contributed by atoms with Gasteiger partial charge in [-0.25, -0.2) is 8.42 Å². The number of benzene rings is 1. The van der Waals surface area contributed by atoms with Gasteiger partial charge < -0.3 is 10.1 Å². The minimum Gasteiger partial charge on any atom is -0.373 e. The molecule has 1 aliphatic rings. The first kappa shape index (κ1) is 21.4. The standard InChI is InChI=1S/C20H28N2O4S/c1-6-20(7-2,8-3)21-19(23)17-9-11-18(12-10-17)27(24,25)22-13-15(4)26-16(5)14-22/h1,9-12,15-16H,7-8,13-14H2,2-5H3,(H,21,23)/t15-,16+. The molecule has 0 radical (unpaired) electrons. The maximum atomic E-state index is 12.9. The van der Waals surface area contributed by atoms with E-state index in [2.05, 4.69) is 11.2 Å². The zero-order chi connectivity index (χ0) is 20.2. The van der Waals surface area contributed by atoms with Crippen LogP contribution in [0.2, 0.25) is 0 Å². The Morgan fingerprint density at radius 1 is 1.22 bits per heavy atom. The summed E-state index contributed by atoms with van der Waals surface area (Å²) in [6, 6.07) is 5.96. The second-order valence-corrected chi connectivity index (χ2v) is 8.93. The fraction of sp³-hybridized carbons (Fsp3) is 0.550. The number of hydrogen-bond acceptors (Lipinski definition) is 4. The highest BCUT2D eigenvalue weighted by Gasteiger charge is 2.32. The monoisotopic (exact) mass is 392 g/mol. The Hall–Kier alpha value is -1.88. The molecule has 1 fully saturated rings. The number of terminal acetylenes is 1. The van der Waals surface area contributed by atoms with Crippen LogP contribution in [0.4, 0.5) is 0 Å². The maximum Gasteiger partial charge on any atom is 0.252 e. The molecular weight excluding hydrogens is 364 g/mol. The molecule has 0 unspecified atom stereocenters. The quantitative estimate of drug-likeness (QED) is 0.755. The summed E-state index contributed by atoms with van der Waals surface area (Å²) in [7, 11) is -3.63. The molecule has 0 saturated carbocycles. The molecule has 1 amide bonds. The minimum atomic E-state index is -3.63. The summed E-state index contributed by atoms with van der Waals surface area (Å²) in [5, 5.41) is 2.88. The Kier molecular flexibility index (Phi) is 6.68. The van der Waals surface area contributed by atoms with Gasteiger partial charge in [-0.15, -0.1) is 6.42 Å². The van der Waals surface area contributed by atoms with Gasteiger partial charge in [-0.2, -0.15) is 4.31 Å². The molecule has 148 valence electrons. The fourth-order valence-corrected chi connectivity index (χ4v) is 4.80. The first-order valence-electron chi connectivity index (χ1n) is 9.23. The van der Waals surface area contributed by atoms with Crippen LogP contribution in [0.1, 0.15) is 50.9 Å². The Bertz CT molecular complexity index is 797. The fourth-order valence-electron chi connectivity index (χ4n) is 3.21. The smallest absolute Gasteiger partial charge is 0.252 e. The lowest BCUT2D eigenvalue weighted by atomic mass is 9.93. The number of hydrogen-bond donors (Lipinski definition) is 1. The number of nitrogens with zero attached hydrogens (tertiary/aromatic N) is 1. The van der Waals surface area contributed by atoms with E-state index in [1.54, 1.807) is 0 Å². The highest BCUT2D eigenvalue weighted by Crippen LogP contribution is 2.22. The van der Waals surface area contributed by atoms with Crippen molar-refractivity contribution in [3.8, 4) is 12.3 Å². The van der Waals surface area contributed by atoms with E-state index < -0.39 is 15.6 Å². The van der Waals surface area contributed by atoms with Crippen molar-refractivity contribution in [2.24, 2.45) is 0 Å². The van der Waals surface area contributed by atoms with E-state index in [0.717, 1.165) is 0 Å². The van der Waals surface area contributed by atoms with Crippen LogP contribution in [0.25, 0.3) is 0 Å². The molecule has 0 aliphatic carbocycles. The average molecular weight is 393 g/mol. The number of sulfonamides is 1. The van der Waals surface area contributed by atoms with Crippen molar-refractivity contribution in [2.45, 2.75) is 63.2 Å². The summed E-state index contributed by atoms with van der Waals surface area (Å²) in [6.07, 6.45) is 6.50.